The number of hydrogen-bond acceptors (Lipinski definition) is 6. The van der Waals surface area contributed by atoms with Gasteiger partial charge in [-0.1, -0.05) is 0 Å². The quantitative estimate of drug-likeness (QED) is 0.728. The van der Waals surface area contributed by atoms with E-state index in [4.69, 9.17) is 10.5 Å². The molecule has 0 saturated carbocycles. The van der Waals surface area contributed by atoms with Crippen molar-refractivity contribution in [2.24, 2.45) is 0 Å². The fourth-order valence-electron chi connectivity index (χ4n) is 1.74. The maximum Gasteiger partial charge on any atom is 0.220 e. The van der Waals surface area contributed by atoms with Gasteiger partial charge < -0.3 is 15.6 Å². The van der Waals surface area contributed by atoms with E-state index in [1.54, 1.807) is 11.1 Å². The molecule has 1 aliphatic rings. The van der Waals surface area contributed by atoms with Crippen LogP contribution in [0.1, 0.15) is 32.0 Å². The van der Waals surface area contributed by atoms with Gasteiger partial charge in [0.05, 0.1) is 11.3 Å². The van der Waals surface area contributed by atoms with Crippen LogP contribution in [0.2, 0.25) is 0 Å². The summed E-state index contributed by atoms with van der Waals surface area (Å²) in [5.41, 5.74) is 6.97. The molecule has 3 N–H and O–H groups in total. The lowest BCUT2D eigenvalue weighted by Crippen LogP contribution is -2.38. The van der Waals surface area contributed by atoms with Crippen LogP contribution in [-0.4, -0.2) is 32.0 Å². The number of fused-ring (bicyclic) bond motifs is 1. The maximum absolute atomic E-state index is 9.95. The van der Waals surface area contributed by atoms with E-state index in [0.29, 0.717) is 13.1 Å². The summed E-state index contributed by atoms with van der Waals surface area (Å²) in [5, 5.41) is 9.95. The normalized spacial score (nSPS) is 18.1. The Labute approximate surface area is 100 Å². The second-order valence-corrected chi connectivity index (χ2v) is 5.16. The van der Waals surface area contributed by atoms with Crippen molar-refractivity contribution in [3.63, 3.8) is 0 Å². The summed E-state index contributed by atoms with van der Waals surface area (Å²) in [5.74, 6) is 0.261. The molecule has 1 atom stereocenters. The fourth-order valence-corrected chi connectivity index (χ4v) is 1.74. The molecule has 0 bridgehead atoms. The molecule has 6 heteroatoms. The molecule has 0 radical (unpaired) electrons. The van der Waals surface area contributed by atoms with Crippen molar-refractivity contribution < 1.29 is 9.84 Å². The van der Waals surface area contributed by atoms with Crippen LogP contribution in [0.15, 0.2) is 6.20 Å². The summed E-state index contributed by atoms with van der Waals surface area (Å²) in [4.78, 5) is 9.86. The van der Waals surface area contributed by atoms with Gasteiger partial charge in [-0.3, -0.25) is 0 Å². The topological polar surface area (TPSA) is 84.5 Å². The minimum atomic E-state index is -0.939. The Bertz CT molecular complexity index is 416. The van der Waals surface area contributed by atoms with Crippen molar-refractivity contribution in [2.45, 2.75) is 45.9 Å². The van der Waals surface area contributed by atoms with Crippen LogP contribution in [0.5, 0.6) is 0 Å². The summed E-state index contributed by atoms with van der Waals surface area (Å²) < 4.78 is 5.49. The van der Waals surface area contributed by atoms with Gasteiger partial charge in [-0.2, -0.15) is 0 Å². The van der Waals surface area contributed by atoms with Crippen LogP contribution >= 0.6 is 0 Å². The first-order valence-electron chi connectivity index (χ1n) is 5.55. The van der Waals surface area contributed by atoms with Crippen molar-refractivity contribution in [2.75, 3.05) is 5.73 Å². The van der Waals surface area contributed by atoms with E-state index < -0.39 is 6.41 Å². The van der Waals surface area contributed by atoms with Crippen LogP contribution < -0.4 is 5.73 Å². The molecule has 94 valence electrons. The number of hydrogen-bond donors (Lipinski definition) is 2. The van der Waals surface area contributed by atoms with Gasteiger partial charge in [-0.15, -0.1) is 0 Å². The van der Waals surface area contributed by atoms with Gasteiger partial charge in [0.2, 0.25) is 12.4 Å². The van der Waals surface area contributed by atoms with Crippen molar-refractivity contribution in [1.82, 2.24) is 14.9 Å². The van der Waals surface area contributed by atoms with Crippen molar-refractivity contribution >= 4 is 5.95 Å². The number of nitrogens with two attached hydrogens (primary N) is 1. The van der Waals surface area contributed by atoms with Crippen LogP contribution in [0.25, 0.3) is 0 Å². The van der Waals surface area contributed by atoms with E-state index in [1.165, 1.54) is 0 Å². The number of ether oxygens (including phenoxy) is 1. The van der Waals surface area contributed by atoms with Crippen LogP contribution in [0.3, 0.4) is 0 Å². The highest BCUT2D eigenvalue weighted by Gasteiger charge is 2.29. The van der Waals surface area contributed by atoms with Gasteiger partial charge in [0.25, 0.3) is 0 Å². The standard InChI is InChI=1S/C11H18N4O2/c1-11(2,3)17-10(16)15-5-7-4-13-9(12)14-8(7)6-15/h4,10,16H,5-6H2,1-3H3,(H2,12,13,14). The molecule has 0 spiro atoms. The first-order valence-corrected chi connectivity index (χ1v) is 5.55. The minimum absolute atomic E-state index is 0.261. The number of aliphatic hydroxyl groups excluding tert-OH is 1. The molecular weight excluding hydrogens is 220 g/mol. The summed E-state index contributed by atoms with van der Waals surface area (Å²) in [6, 6.07) is 0. The predicted octanol–water partition coefficient (Wildman–Crippen LogP) is 0.465. The molecular formula is C11H18N4O2. The van der Waals surface area contributed by atoms with Crippen molar-refractivity contribution in [3.8, 4) is 0 Å². The average Bonchev–Trinajstić information content (AvgIpc) is 2.57. The van der Waals surface area contributed by atoms with Crippen LogP contribution in [0.4, 0.5) is 5.95 Å². The Balaban J connectivity index is 2.05. The van der Waals surface area contributed by atoms with Gasteiger partial charge in [-0.25, -0.2) is 14.9 Å². The zero-order valence-electron chi connectivity index (χ0n) is 10.3. The summed E-state index contributed by atoms with van der Waals surface area (Å²) in [7, 11) is 0. The van der Waals surface area contributed by atoms with E-state index in [-0.39, 0.29) is 11.5 Å². The molecule has 0 amide bonds. The largest absolute Gasteiger partial charge is 0.368 e. The molecule has 1 unspecified atom stereocenters. The molecule has 1 aromatic rings. The highest BCUT2D eigenvalue weighted by atomic mass is 16.6. The third kappa shape index (κ3) is 2.91. The fraction of sp³-hybridized carbons (Fsp3) is 0.636. The molecule has 6 nitrogen and oxygen atoms in total. The second kappa shape index (κ2) is 4.21. The van der Waals surface area contributed by atoms with Crippen LogP contribution in [-0.2, 0) is 17.8 Å². The molecule has 17 heavy (non-hydrogen) atoms. The van der Waals surface area contributed by atoms with E-state index in [2.05, 4.69) is 9.97 Å². The Morgan fingerprint density at radius 3 is 2.82 bits per heavy atom. The smallest absolute Gasteiger partial charge is 0.220 e. The van der Waals surface area contributed by atoms with Gasteiger partial charge >= 0.3 is 0 Å². The van der Waals surface area contributed by atoms with Gasteiger partial charge in [-0.05, 0) is 20.8 Å². The molecule has 0 aromatic carbocycles. The van der Waals surface area contributed by atoms with E-state index >= 15 is 0 Å². The number of nitrogen functional groups attached to an aromatic ring is 1. The second-order valence-electron chi connectivity index (χ2n) is 5.16. The monoisotopic (exact) mass is 238 g/mol. The first-order chi connectivity index (χ1) is 7.85. The maximum atomic E-state index is 9.95. The average molecular weight is 238 g/mol. The third-order valence-corrected chi connectivity index (χ3v) is 2.47. The molecule has 0 fully saturated rings. The lowest BCUT2D eigenvalue weighted by atomic mass is 10.2. The molecule has 2 rings (SSSR count). The summed E-state index contributed by atoms with van der Waals surface area (Å²) >= 11 is 0. The van der Waals surface area contributed by atoms with E-state index in [9.17, 15) is 5.11 Å². The zero-order chi connectivity index (χ0) is 12.6. The SMILES string of the molecule is CC(C)(C)OC(O)N1Cc2cnc(N)nc2C1. The highest BCUT2D eigenvalue weighted by molar-refractivity contribution is 5.27. The molecule has 2 heterocycles. The molecule has 1 aliphatic heterocycles. The number of aliphatic hydroxyl groups is 1. The lowest BCUT2D eigenvalue weighted by Gasteiger charge is -2.29. The third-order valence-electron chi connectivity index (χ3n) is 2.47. The predicted molar refractivity (Wildman–Crippen MR) is 62.5 cm³/mol. The van der Waals surface area contributed by atoms with E-state index in [1.807, 2.05) is 20.8 Å². The van der Waals surface area contributed by atoms with Crippen molar-refractivity contribution in [1.29, 1.82) is 0 Å². The lowest BCUT2D eigenvalue weighted by molar-refractivity contribution is -0.241. The molecule has 0 saturated heterocycles. The van der Waals surface area contributed by atoms with Crippen molar-refractivity contribution in [3.05, 3.63) is 17.5 Å². The molecule has 1 aromatic heterocycles. The Hall–Kier alpha value is -1.24. The summed E-state index contributed by atoms with van der Waals surface area (Å²) in [6.07, 6.45) is 0.756. The number of aromatic nitrogens is 2. The Kier molecular flexibility index (Phi) is 3.03. The zero-order valence-corrected chi connectivity index (χ0v) is 10.3. The highest BCUT2D eigenvalue weighted by Crippen LogP contribution is 2.24. The summed E-state index contributed by atoms with van der Waals surface area (Å²) in [6.45, 7) is 6.80. The Morgan fingerprint density at radius 1 is 1.47 bits per heavy atom. The van der Waals surface area contributed by atoms with Gasteiger partial charge in [0.15, 0.2) is 0 Å². The molecule has 0 aliphatic carbocycles. The number of anilines is 1. The van der Waals surface area contributed by atoms with Gasteiger partial charge in [0, 0.05) is 24.8 Å². The van der Waals surface area contributed by atoms with E-state index in [0.717, 1.165) is 11.3 Å². The Morgan fingerprint density at radius 2 is 2.18 bits per heavy atom. The number of rotatable bonds is 2. The van der Waals surface area contributed by atoms with Gasteiger partial charge in [0.1, 0.15) is 0 Å². The minimum Gasteiger partial charge on any atom is -0.368 e. The van der Waals surface area contributed by atoms with Crippen LogP contribution in [0, 0.1) is 0 Å². The number of nitrogens with zero attached hydrogens (tertiary/aromatic N) is 3. The first kappa shape index (κ1) is 12.2.